The first kappa shape index (κ1) is 5.67. The average Bonchev–Trinajstić information content (AvgIpc) is 1.69. The predicted molar refractivity (Wildman–Crippen MR) is 33.9 cm³/mol. The molecule has 1 atom stereocenters. The Hall–Kier alpha value is 0.539. The third kappa shape index (κ3) is 1.85. The van der Waals surface area contributed by atoms with E-state index >= 15 is 0 Å². The van der Waals surface area contributed by atoms with Gasteiger partial charge in [0.1, 0.15) is 0 Å². The van der Waals surface area contributed by atoms with Crippen molar-refractivity contribution < 1.29 is 0 Å². The van der Waals surface area contributed by atoms with E-state index in [1.807, 2.05) is 0 Å². The van der Waals surface area contributed by atoms with Crippen LogP contribution in [0.5, 0.6) is 0 Å². The number of hydrogen-bond acceptors (Lipinski definition) is 0. The second-order valence-corrected chi connectivity index (χ2v) is 4.47. The number of allylic oxidation sites excluding steroid dienone is 2. The first-order chi connectivity index (χ1) is 3.39. The quantitative estimate of drug-likeness (QED) is 0.410. The van der Waals surface area contributed by atoms with Gasteiger partial charge in [0.25, 0.3) is 0 Å². The molecule has 1 aliphatic rings. The molecule has 0 aromatic carbocycles. The van der Waals surface area contributed by atoms with Crippen LogP contribution in [0.4, 0.5) is 0 Å². The first-order valence-corrected chi connectivity index (χ1v) is 4.72. The van der Waals surface area contributed by atoms with Crippen molar-refractivity contribution in [2.45, 2.75) is 23.2 Å². The summed E-state index contributed by atoms with van der Waals surface area (Å²) in [5.74, 6) is 0. The molecule has 0 saturated heterocycles. The van der Waals surface area contributed by atoms with E-state index in [2.05, 4.69) is 12.2 Å². The first-order valence-electron chi connectivity index (χ1n) is 2.82. The minimum absolute atomic E-state index is 0.985. The van der Waals surface area contributed by atoms with Crippen molar-refractivity contribution in [2.24, 2.45) is 0 Å². The normalized spacial score (nSPS) is 30.7. The van der Waals surface area contributed by atoms with Gasteiger partial charge in [0.05, 0.1) is 0 Å². The summed E-state index contributed by atoms with van der Waals surface area (Å²) in [7, 11) is 0. The van der Waals surface area contributed by atoms with E-state index in [1.54, 1.807) is 0 Å². The Bertz CT molecular complexity index is 76.2. The Morgan fingerprint density at radius 2 is 2.43 bits per heavy atom. The summed E-state index contributed by atoms with van der Waals surface area (Å²) in [6, 6.07) is 0. The summed E-state index contributed by atoms with van der Waals surface area (Å²) in [6.07, 6.45) is 8.91. The van der Waals surface area contributed by atoms with E-state index in [4.69, 9.17) is 0 Å². The van der Waals surface area contributed by atoms with Gasteiger partial charge in [-0.25, -0.2) is 0 Å². The Morgan fingerprint density at radius 1 is 1.57 bits per heavy atom. The predicted octanol–water partition coefficient (Wildman–Crippen LogP) is 1.42. The van der Waals surface area contributed by atoms with Crippen LogP contribution in [0, 0.1) is 0 Å². The molecule has 1 unspecified atom stereocenters. The van der Waals surface area contributed by atoms with Crippen LogP contribution >= 0.6 is 0 Å². The van der Waals surface area contributed by atoms with Crippen molar-refractivity contribution >= 4 is 22.5 Å². The molecule has 7 heavy (non-hydrogen) atoms. The Labute approximate surface area is 58.1 Å². The molecule has 0 aromatic heterocycles. The SMILES string of the molecule is [SnH][CH]1C=CCCC1. The molecule has 0 N–H and O–H groups in total. The van der Waals surface area contributed by atoms with E-state index < -0.39 is 0 Å². The average molecular weight is 201 g/mol. The number of rotatable bonds is 0. The van der Waals surface area contributed by atoms with Crippen LogP contribution in [0.15, 0.2) is 12.2 Å². The summed E-state index contributed by atoms with van der Waals surface area (Å²) in [4.78, 5) is 0. The van der Waals surface area contributed by atoms with Gasteiger partial charge < -0.3 is 0 Å². The van der Waals surface area contributed by atoms with Crippen molar-refractivity contribution in [3.8, 4) is 0 Å². The summed E-state index contributed by atoms with van der Waals surface area (Å²) in [5.41, 5.74) is 0. The Kier molecular flexibility index (Phi) is 2.23. The molecule has 0 heterocycles. The summed E-state index contributed by atoms with van der Waals surface area (Å²) >= 11 is 1.42. The zero-order valence-corrected chi connectivity index (χ0v) is 7.73. The Morgan fingerprint density at radius 3 is 2.71 bits per heavy atom. The molecule has 38 valence electrons. The van der Waals surface area contributed by atoms with E-state index in [0.29, 0.717) is 0 Å². The van der Waals surface area contributed by atoms with Gasteiger partial charge in [-0.2, -0.15) is 0 Å². The fourth-order valence-corrected chi connectivity index (χ4v) is 1.96. The van der Waals surface area contributed by atoms with Crippen molar-refractivity contribution in [3.05, 3.63) is 12.2 Å². The maximum atomic E-state index is 2.37. The molecule has 0 aromatic rings. The van der Waals surface area contributed by atoms with Gasteiger partial charge in [-0.05, 0) is 0 Å². The fraction of sp³-hybridized carbons (Fsp3) is 0.667. The van der Waals surface area contributed by atoms with Crippen molar-refractivity contribution in [1.82, 2.24) is 0 Å². The van der Waals surface area contributed by atoms with Gasteiger partial charge in [-0.15, -0.1) is 0 Å². The van der Waals surface area contributed by atoms with Crippen LogP contribution in [0.1, 0.15) is 19.3 Å². The van der Waals surface area contributed by atoms with E-state index in [1.165, 1.54) is 41.8 Å². The van der Waals surface area contributed by atoms with Crippen molar-refractivity contribution in [2.75, 3.05) is 0 Å². The molecule has 0 nitrogen and oxygen atoms in total. The molecule has 0 amide bonds. The van der Waals surface area contributed by atoms with Gasteiger partial charge in [0.15, 0.2) is 0 Å². The molecule has 1 aliphatic carbocycles. The maximum absolute atomic E-state index is 2.37. The molecule has 0 aliphatic heterocycles. The summed E-state index contributed by atoms with van der Waals surface area (Å²) in [6.45, 7) is 0. The van der Waals surface area contributed by atoms with Crippen molar-refractivity contribution in [3.63, 3.8) is 0 Å². The second kappa shape index (κ2) is 2.75. The molecular weight excluding hydrogens is 191 g/mol. The van der Waals surface area contributed by atoms with E-state index in [9.17, 15) is 0 Å². The summed E-state index contributed by atoms with van der Waals surface area (Å²) < 4.78 is 0.985. The summed E-state index contributed by atoms with van der Waals surface area (Å²) in [5, 5.41) is 0. The fourth-order valence-electron chi connectivity index (χ4n) is 0.839. The molecule has 1 heteroatoms. The topological polar surface area (TPSA) is 0 Å². The monoisotopic (exact) mass is 202 g/mol. The third-order valence-corrected chi connectivity index (χ3v) is 2.88. The van der Waals surface area contributed by atoms with Crippen LogP contribution < -0.4 is 0 Å². The zero-order valence-electron chi connectivity index (χ0n) is 4.43. The molecule has 0 bridgehead atoms. The van der Waals surface area contributed by atoms with Gasteiger partial charge in [0, 0.05) is 0 Å². The minimum atomic E-state index is 0.985. The van der Waals surface area contributed by atoms with Crippen LogP contribution in [0.25, 0.3) is 0 Å². The molecule has 2 radical (unpaired) electrons. The van der Waals surface area contributed by atoms with Gasteiger partial charge in [0.2, 0.25) is 0 Å². The second-order valence-electron chi connectivity index (χ2n) is 2.02. The van der Waals surface area contributed by atoms with E-state index in [0.717, 1.165) is 3.93 Å². The molecule has 0 fully saturated rings. The molecule has 1 rings (SSSR count). The van der Waals surface area contributed by atoms with E-state index in [-0.39, 0.29) is 0 Å². The number of hydrogen-bond donors (Lipinski definition) is 0. The van der Waals surface area contributed by atoms with Crippen LogP contribution in [0.3, 0.4) is 0 Å². The van der Waals surface area contributed by atoms with Crippen LogP contribution in [0.2, 0.25) is 3.93 Å². The van der Waals surface area contributed by atoms with Gasteiger partial charge >= 0.3 is 57.9 Å². The standard InChI is InChI=1S/C6H9.Sn.H/c1-2-4-6-5-3-1;;/h1-3H,4-6H2;;. The molecule has 0 saturated carbocycles. The zero-order chi connectivity index (χ0) is 5.11. The van der Waals surface area contributed by atoms with Crippen LogP contribution in [-0.2, 0) is 0 Å². The van der Waals surface area contributed by atoms with Crippen LogP contribution in [-0.4, -0.2) is 22.5 Å². The van der Waals surface area contributed by atoms with Crippen molar-refractivity contribution in [1.29, 1.82) is 0 Å². The third-order valence-electron chi connectivity index (χ3n) is 1.29. The van der Waals surface area contributed by atoms with Gasteiger partial charge in [-0.1, -0.05) is 0 Å². The molecule has 0 spiro atoms. The van der Waals surface area contributed by atoms with Gasteiger partial charge in [-0.3, -0.25) is 0 Å². The molecular formula is C6H10Sn. The Balaban J connectivity index is 2.36.